The molecular formula is C16H29IN4O. The average molecular weight is 420 g/mol. The molecule has 0 aromatic carbocycles. The Bertz CT molecular complexity index is 453. The molecule has 22 heavy (non-hydrogen) atoms. The number of hydrogen-bond acceptors (Lipinski definition) is 3. The van der Waals surface area contributed by atoms with E-state index in [9.17, 15) is 0 Å². The van der Waals surface area contributed by atoms with Crippen molar-refractivity contribution in [3.63, 3.8) is 0 Å². The maximum atomic E-state index is 5.40. The summed E-state index contributed by atoms with van der Waals surface area (Å²) >= 11 is 0. The Morgan fingerprint density at radius 2 is 2.09 bits per heavy atom. The van der Waals surface area contributed by atoms with E-state index in [0.29, 0.717) is 12.5 Å². The monoisotopic (exact) mass is 420 g/mol. The van der Waals surface area contributed by atoms with Crippen LogP contribution in [0.25, 0.3) is 0 Å². The van der Waals surface area contributed by atoms with Crippen LogP contribution >= 0.6 is 24.0 Å². The quantitative estimate of drug-likeness (QED) is 0.383. The first-order chi connectivity index (χ1) is 10.3. The molecule has 0 radical (unpaired) electrons. The van der Waals surface area contributed by atoms with E-state index in [1.165, 1.54) is 19.3 Å². The molecule has 0 bridgehead atoms. The summed E-state index contributed by atoms with van der Waals surface area (Å²) in [5.74, 6) is 3.13. The first kappa shape index (κ1) is 19.3. The van der Waals surface area contributed by atoms with Crippen molar-refractivity contribution in [2.75, 3.05) is 13.6 Å². The van der Waals surface area contributed by atoms with Gasteiger partial charge < -0.3 is 15.2 Å². The summed E-state index contributed by atoms with van der Waals surface area (Å²) in [5, 5.41) is 10.8. The summed E-state index contributed by atoms with van der Waals surface area (Å²) in [6, 6.07) is 2.06. The Morgan fingerprint density at radius 3 is 2.68 bits per heavy atom. The first-order valence-corrected chi connectivity index (χ1v) is 8.16. The van der Waals surface area contributed by atoms with Gasteiger partial charge in [-0.15, -0.1) is 24.0 Å². The number of hydrogen-bond donors (Lipinski definition) is 2. The minimum absolute atomic E-state index is 0. The highest BCUT2D eigenvalue weighted by Crippen LogP contribution is 2.31. The SMILES string of the molecule is CCC(CC)c1cc(CNC(=NC)NCCC2CC2)on1.I. The van der Waals surface area contributed by atoms with Crippen molar-refractivity contribution in [2.24, 2.45) is 10.9 Å². The molecule has 2 N–H and O–H groups in total. The van der Waals surface area contributed by atoms with Gasteiger partial charge in [-0.1, -0.05) is 31.8 Å². The van der Waals surface area contributed by atoms with Gasteiger partial charge in [0.2, 0.25) is 0 Å². The van der Waals surface area contributed by atoms with E-state index in [1.54, 1.807) is 7.05 Å². The third kappa shape index (κ3) is 6.14. The van der Waals surface area contributed by atoms with Crippen LogP contribution in [-0.4, -0.2) is 24.7 Å². The zero-order chi connectivity index (χ0) is 15.1. The third-order valence-electron chi connectivity index (χ3n) is 4.18. The van der Waals surface area contributed by atoms with Crippen molar-refractivity contribution >= 4 is 29.9 Å². The topological polar surface area (TPSA) is 62.5 Å². The number of rotatable bonds is 8. The fraction of sp³-hybridized carbons (Fsp3) is 0.750. The number of nitrogens with zero attached hydrogens (tertiary/aromatic N) is 2. The second-order valence-corrected chi connectivity index (χ2v) is 5.82. The summed E-state index contributed by atoms with van der Waals surface area (Å²) in [7, 11) is 1.79. The molecule has 1 aliphatic rings. The fourth-order valence-corrected chi connectivity index (χ4v) is 2.50. The highest BCUT2D eigenvalue weighted by atomic mass is 127. The predicted octanol–water partition coefficient (Wildman–Crippen LogP) is 3.66. The van der Waals surface area contributed by atoms with Gasteiger partial charge >= 0.3 is 0 Å². The molecular weight excluding hydrogens is 391 g/mol. The Morgan fingerprint density at radius 1 is 1.36 bits per heavy atom. The molecule has 2 rings (SSSR count). The molecule has 0 saturated heterocycles. The molecule has 0 amide bonds. The molecule has 126 valence electrons. The second kappa shape index (κ2) is 10.1. The van der Waals surface area contributed by atoms with E-state index >= 15 is 0 Å². The summed E-state index contributed by atoms with van der Waals surface area (Å²) < 4.78 is 5.40. The number of nitrogens with one attached hydrogen (secondary N) is 2. The van der Waals surface area contributed by atoms with Crippen LogP contribution in [0.1, 0.15) is 63.3 Å². The van der Waals surface area contributed by atoms with Gasteiger partial charge in [0.1, 0.15) is 0 Å². The Labute approximate surface area is 150 Å². The van der Waals surface area contributed by atoms with Gasteiger partial charge in [0, 0.05) is 25.6 Å². The van der Waals surface area contributed by atoms with Crippen molar-refractivity contribution in [3.05, 3.63) is 17.5 Å². The molecule has 1 aliphatic carbocycles. The van der Waals surface area contributed by atoms with Gasteiger partial charge in [-0.05, 0) is 25.2 Å². The van der Waals surface area contributed by atoms with Gasteiger partial charge in [0.15, 0.2) is 11.7 Å². The molecule has 0 spiro atoms. The van der Waals surface area contributed by atoms with Crippen LogP contribution in [0.15, 0.2) is 15.6 Å². The normalized spacial score (nSPS) is 14.8. The Balaban J connectivity index is 0.00000242. The number of aliphatic imine (C=N–C) groups is 1. The van der Waals surface area contributed by atoms with E-state index in [-0.39, 0.29) is 24.0 Å². The number of guanidine groups is 1. The molecule has 0 aliphatic heterocycles. The van der Waals surface area contributed by atoms with E-state index < -0.39 is 0 Å². The molecule has 1 aromatic rings. The summed E-state index contributed by atoms with van der Waals surface area (Å²) in [6.45, 7) is 5.98. The molecule has 6 heteroatoms. The van der Waals surface area contributed by atoms with Crippen molar-refractivity contribution in [1.82, 2.24) is 15.8 Å². The molecule has 0 unspecified atom stereocenters. The summed E-state index contributed by atoms with van der Waals surface area (Å²) in [5.41, 5.74) is 1.06. The van der Waals surface area contributed by atoms with Crippen molar-refractivity contribution < 1.29 is 4.52 Å². The van der Waals surface area contributed by atoms with Gasteiger partial charge in [-0.3, -0.25) is 4.99 Å². The van der Waals surface area contributed by atoms with Crippen molar-refractivity contribution in [1.29, 1.82) is 0 Å². The fourth-order valence-electron chi connectivity index (χ4n) is 2.50. The van der Waals surface area contributed by atoms with Crippen molar-refractivity contribution in [2.45, 2.75) is 58.4 Å². The minimum Gasteiger partial charge on any atom is -0.359 e. The third-order valence-corrected chi connectivity index (χ3v) is 4.18. The lowest BCUT2D eigenvalue weighted by molar-refractivity contribution is 0.368. The lowest BCUT2D eigenvalue weighted by atomic mass is 9.99. The van der Waals surface area contributed by atoms with Crippen LogP contribution in [0.4, 0.5) is 0 Å². The lowest BCUT2D eigenvalue weighted by Crippen LogP contribution is -2.37. The van der Waals surface area contributed by atoms with Gasteiger partial charge in [0.05, 0.1) is 12.2 Å². The summed E-state index contributed by atoms with van der Waals surface area (Å²) in [4.78, 5) is 4.23. The van der Waals surface area contributed by atoms with E-state index in [4.69, 9.17) is 4.52 Å². The smallest absolute Gasteiger partial charge is 0.191 e. The van der Waals surface area contributed by atoms with Crippen LogP contribution < -0.4 is 10.6 Å². The van der Waals surface area contributed by atoms with E-state index in [2.05, 4.69) is 40.7 Å². The van der Waals surface area contributed by atoms with Crippen LogP contribution in [0.2, 0.25) is 0 Å². The molecule has 5 nitrogen and oxygen atoms in total. The van der Waals surface area contributed by atoms with Gasteiger partial charge in [0.25, 0.3) is 0 Å². The first-order valence-electron chi connectivity index (χ1n) is 8.16. The second-order valence-electron chi connectivity index (χ2n) is 5.82. The highest BCUT2D eigenvalue weighted by molar-refractivity contribution is 14.0. The van der Waals surface area contributed by atoms with Crippen LogP contribution in [0.5, 0.6) is 0 Å². The predicted molar refractivity (Wildman–Crippen MR) is 101 cm³/mol. The largest absolute Gasteiger partial charge is 0.359 e. The Hall–Kier alpha value is -0.790. The van der Waals surface area contributed by atoms with Gasteiger partial charge in [-0.2, -0.15) is 0 Å². The van der Waals surface area contributed by atoms with Crippen LogP contribution in [0.3, 0.4) is 0 Å². The standard InChI is InChI=1S/C16H28N4O.HI/c1-4-13(5-2)15-10-14(21-20-15)11-19-16(17-3)18-9-8-12-6-7-12;/h10,12-13H,4-9,11H2,1-3H3,(H2,17,18,19);1H. The molecule has 1 saturated carbocycles. The lowest BCUT2D eigenvalue weighted by Gasteiger charge is -2.10. The average Bonchev–Trinajstić information content (AvgIpc) is 3.21. The van der Waals surface area contributed by atoms with E-state index in [1.807, 2.05) is 0 Å². The van der Waals surface area contributed by atoms with Crippen LogP contribution in [-0.2, 0) is 6.54 Å². The van der Waals surface area contributed by atoms with E-state index in [0.717, 1.165) is 42.7 Å². The number of aromatic nitrogens is 1. The zero-order valence-corrected chi connectivity index (χ0v) is 16.2. The molecule has 1 aromatic heterocycles. The molecule has 1 fully saturated rings. The van der Waals surface area contributed by atoms with Crippen LogP contribution in [0, 0.1) is 5.92 Å². The van der Waals surface area contributed by atoms with Crippen molar-refractivity contribution in [3.8, 4) is 0 Å². The minimum atomic E-state index is 0. The maximum absolute atomic E-state index is 5.40. The van der Waals surface area contributed by atoms with Gasteiger partial charge in [-0.25, -0.2) is 0 Å². The Kier molecular flexibility index (Phi) is 8.82. The molecule has 1 heterocycles. The maximum Gasteiger partial charge on any atom is 0.191 e. The highest BCUT2D eigenvalue weighted by Gasteiger charge is 2.20. The number of halogens is 1. The molecule has 0 atom stereocenters. The summed E-state index contributed by atoms with van der Waals surface area (Å²) in [6.07, 6.45) is 6.22. The zero-order valence-electron chi connectivity index (χ0n) is 13.9.